The van der Waals surface area contributed by atoms with E-state index in [9.17, 15) is 26.7 Å². The standard InChI is InChI=1S/C17H21F5N2O/c18-15(19)10-23-16(25)9-12-5-7-24(8-6-12)11-13-3-1-2-4-14(13)17(20,21)22/h1-4,12,15H,5-11H2,(H,23,25). The van der Waals surface area contributed by atoms with Gasteiger partial charge in [0.25, 0.3) is 6.43 Å². The van der Waals surface area contributed by atoms with Crippen molar-refractivity contribution in [1.29, 1.82) is 0 Å². The van der Waals surface area contributed by atoms with Crippen LogP contribution in [0.2, 0.25) is 0 Å². The molecule has 1 saturated heterocycles. The predicted octanol–water partition coefficient (Wildman–Crippen LogP) is 3.69. The number of carbonyl (C=O) groups excluding carboxylic acids is 1. The molecule has 8 heteroatoms. The lowest BCUT2D eigenvalue weighted by Crippen LogP contribution is -2.36. The molecule has 0 aliphatic carbocycles. The van der Waals surface area contributed by atoms with Crippen LogP contribution in [-0.4, -0.2) is 36.9 Å². The van der Waals surface area contributed by atoms with Crippen molar-refractivity contribution in [2.75, 3.05) is 19.6 Å². The highest BCUT2D eigenvalue weighted by Gasteiger charge is 2.33. The predicted molar refractivity (Wildman–Crippen MR) is 83.1 cm³/mol. The van der Waals surface area contributed by atoms with Gasteiger partial charge in [-0.3, -0.25) is 9.69 Å². The lowest BCUT2D eigenvalue weighted by atomic mass is 9.92. The van der Waals surface area contributed by atoms with Gasteiger partial charge >= 0.3 is 6.18 Å². The third-order valence-corrected chi connectivity index (χ3v) is 4.35. The van der Waals surface area contributed by atoms with E-state index in [1.807, 2.05) is 4.90 Å². The number of benzene rings is 1. The molecule has 0 bridgehead atoms. The summed E-state index contributed by atoms with van der Waals surface area (Å²) >= 11 is 0. The quantitative estimate of drug-likeness (QED) is 0.781. The number of nitrogens with one attached hydrogen (secondary N) is 1. The second-order valence-electron chi connectivity index (χ2n) is 6.27. The number of nitrogens with zero attached hydrogens (tertiary/aromatic N) is 1. The summed E-state index contributed by atoms with van der Waals surface area (Å²) in [5, 5.41) is 2.18. The average Bonchev–Trinajstić information content (AvgIpc) is 2.54. The van der Waals surface area contributed by atoms with Gasteiger partial charge in [-0.05, 0) is 43.5 Å². The molecule has 0 unspecified atom stereocenters. The molecule has 0 aromatic heterocycles. The highest BCUT2D eigenvalue weighted by Crippen LogP contribution is 2.33. The Morgan fingerprint density at radius 3 is 2.44 bits per heavy atom. The highest BCUT2D eigenvalue weighted by atomic mass is 19.4. The van der Waals surface area contributed by atoms with Crippen LogP contribution in [0.25, 0.3) is 0 Å². The second-order valence-corrected chi connectivity index (χ2v) is 6.27. The van der Waals surface area contributed by atoms with E-state index in [1.165, 1.54) is 12.1 Å². The van der Waals surface area contributed by atoms with Gasteiger partial charge in [0.05, 0.1) is 12.1 Å². The fraction of sp³-hybridized carbons (Fsp3) is 0.588. The molecule has 1 fully saturated rings. The topological polar surface area (TPSA) is 32.3 Å². The molecular weight excluding hydrogens is 343 g/mol. The molecule has 25 heavy (non-hydrogen) atoms. The number of carbonyl (C=O) groups is 1. The Balaban J connectivity index is 1.82. The Kier molecular flexibility index (Phi) is 6.75. The van der Waals surface area contributed by atoms with Gasteiger partial charge in [-0.2, -0.15) is 13.2 Å². The van der Waals surface area contributed by atoms with Crippen molar-refractivity contribution < 1.29 is 26.7 Å². The third kappa shape index (κ3) is 6.26. The van der Waals surface area contributed by atoms with E-state index in [-0.39, 0.29) is 24.4 Å². The van der Waals surface area contributed by atoms with Gasteiger partial charge in [-0.25, -0.2) is 8.78 Å². The molecule has 0 saturated carbocycles. The number of piperidine rings is 1. The normalized spacial score (nSPS) is 17.0. The molecule has 1 N–H and O–H groups in total. The molecule has 2 rings (SSSR count). The molecule has 0 spiro atoms. The summed E-state index contributed by atoms with van der Waals surface area (Å²) in [5.74, 6) is -0.326. The van der Waals surface area contributed by atoms with E-state index in [4.69, 9.17) is 0 Å². The largest absolute Gasteiger partial charge is 0.416 e. The van der Waals surface area contributed by atoms with Crippen molar-refractivity contribution in [3.63, 3.8) is 0 Å². The monoisotopic (exact) mass is 364 g/mol. The zero-order valence-electron chi connectivity index (χ0n) is 13.7. The molecule has 1 aromatic rings. The summed E-state index contributed by atoms with van der Waals surface area (Å²) in [6, 6.07) is 5.52. The molecule has 1 aromatic carbocycles. The minimum absolute atomic E-state index is 0.0757. The number of likely N-dealkylation sites (tertiary alicyclic amines) is 1. The third-order valence-electron chi connectivity index (χ3n) is 4.35. The van der Waals surface area contributed by atoms with Crippen LogP contribution in [-0.2, 0) is 17.5 Å². The van der Waals surface area contributed by atoms with Crippen LogP contribution in [0.3, 0.4) is 0 Å². The summed E-state index contributed by atoms with van der Waals surface area (Å²) in [7, 11) is 0. The van der Waals surface area contributed by atoms with Crippen LogP contribution in [0.4, 0.5) is 22.0 Å². The number of rotatable bonds is 6. The molecule has 3 nitrogen and oxygen atoms in total. The lowest BCUT2D eigenvalue weighted by Gasteiger charge is -2.32. The lowest BCUT2D eigenvalue weighted by molar-refractivity contribution is -0.138. The summed E-state index contributed by atoms with van der Waals surface area (Å²) in [4.78, 5) is 13.5. The Hall–Kier alpha value is -1.70. The van der Waals surface area contributed by atoms with Crippen molar-refractivity contribution in [2.45, 2.75) is 38.4 Å². The number of hydrogen-bond donors (Lipinski definition) is 1. The van der Waals surface area contributed by atoms with E-state index >= 15 is 0 Å². The van der Waals surface area contributed by atoms with Gasteiger partial charge in [-0.1, -0.05) is 18.2 Å². The molecular formula is C17H21F5N2O. The molecule has 0 atom stereocenters. The van der Waals surface area contributed by atoms with Gasteiger partial charge in [0.1, 0.15) is 0 Å². The summed E-state index contributed by atoms with van der Waals surface area (Å²) in [5.41, 5.74) is -0.383. The smallest absolute Gasteiger partial charge is 0.350 e. The van der Waals surface area contributed by atoms with E-state index < -0.39 is 30.6 Å². The van der Waals surface area contributed by atoms with E-state index in [2.05, 4.69) is 5.32 Å². The maximum Gasteiger partial charge on any atom is 0.416 e. The average molecular weight is 364 g/mol. The zero-order valence-corrected chi connectivity index (χ0v) is 13.7. The van der Waals surface area contributed by atoms with E-state index in [0.717, 1.165) is 6.07 Å². The first-order valence-corrected chi connectivity index (χ1v) is 8.18. The van der Waals surface area contributed by atoms with Gasteiger partial charge in [0.2, 0.25) is 5.91 Å². The Bertz CT molecular complexity index is 568. The van der Waals surface area contributed by atoms with Crippen molar-refractivity contribution in [3.05, 3.63) is 35.4 Å². The maximum absolute atomic E-state index is 13.0. The number of halogens is 5. The fourth-order valence-electron chi connectivity index (χ4n) is 3.05. The molecule has 1 aliphatic rings. The zero-order chi connectivity index (χ0) is 18.4. The minimum Gasteiger partial charge on any atom is -0.350 e. The summed E-state index contributed by atoms with van der Waals surface area (Å²) in [6.45, 7) is 0.726. The van der Waals surface area contributed by atoms with Gasteiger partial charge in [0.15, 0.2) is 0 Å². The highest BCUT2D eigenvalue weighted by molar-refractivity contribution is 5.76. The number of amides is 1. The first-order valence-electron chi connectivity index (χ1n) is 8.18. The molecule has 140 valence electrons. The summed E-state index contributed by atoms with van der Waals surface area (Å²) in [6.07, 6.45) is -5.44. The summed E-state index contributed by atoms with van der Waals surface area (Å²) < 4.78 is 63.2. The second kappa shape index (κ2) is 8.60. The van der Waals surface area contributed by atoms with Crippen molar-refractivity contribution in [1.82, 2.24) is 10.2 Å². The van der Waals surface area contributed by atoms with Crippen LogP contribution >= 0.6 is 0 Å². The Labute approximate surface area is 143 Å². The molecule has 1 heterocycles. The SMILES string of the molecule is O=C(CC1CCN(Cc2ccccc2C(F)(F)F)CC1)NCC(F)F. The van der Waals surface area contributed by atoms with Crippen LogP contribution in [0.5, 0.6) is 0 Å². The van der Waals surface area contributed by atoms with Gasteiger partial charge < -0.3 is 5.32 Å². The fourth-order valence-corrected chi connectivity index (χ4v) is 3.05. The number of hydrogen-bond acceptors (Lipinski definition) is 2. The van der Waals surface area contributed by atoms with Crippen LogP contribution in [0.1, 0.15) is 30.4 Å². The Morgan fingerprint density at radius 1 is 1.20 bits per heavy atom. The van der Waals surface area contributed by atoms with Gasteiger partial charge in [-0.15, -0.1) is 0 Å². The molecule has 1 amide bonds. The van der Waals surface area contributed by atoms with E-state index in [1.54, 1.807) is 6.07 Å². The minimum atomic E-state index is -4.38. The first-order chi connectivity index (χ1) is 11.8. The first kappa shape index (κ1) is 19.6. The van der Waals surface area contributed by atoms with Crippen molar-refractivity contribution in [3.8, 4) is 0 Å². The maximum atomic E-state index is 13.0. The molecule has 1 aliphatic heterocycles. The van der Waals surface area contributed by atoms with Crippen LogP contribution in [0, 0.1) is 5.92 Å². The van der Waals surface area contributed by atoms with Gasteiger partial charge in [0, 0.05) is 13.0 Å². The van der Waals surface area contributed by atoms with Crippen LogP contribution < -0.4 is 5.32 Å². The Morgan fingerprint density at radius 2 is 1.84 bits per heavy atom. The van der Waals surface area contributed by atoms with Crippen molar-refractivity contribution >= 4 is 5.91 Å². The van der Waals surface area contributed by atoms with E-state index in [0.29, 0.717) is 25.9 Å². The van der Waals surface area contributed by atoms with Crippen LogP contribution in [0.15, 0.2) is 24.3 Å². The van der Waals surface area contributed by atoms with Crippen molar-refractivity contribution in [2.24, 2.45) is 5.92 Å². The molecule has 0 radical (unpaired) electrons. The number of alkyl halides is 5.